The van der Waals surface area contributed by atoms with Gasteiger partial charge in [0.25, 0.3) is 0 Å². The highest BCUT2D eigenvalue weighted by atomic mass is 19.4. The van der Waals surface area contributed by atoms with Gasteiger partial charge in [0.2, 0.25) is 5.69 Å². The molecule has 146 valence electrons. The van der Waals surface area contributed by atoms with Crippen molar-refractivity contribution >= 4 is 29.2 Å². The van der Waals surface area contributed by atoms with E-state index in [-0.39, 0.29) is 17.7 Å². The van der Waals surface area contributed by atoms with E-state index in [0.29, 0.717) is 5.56 Å². The Balaban J connectivity index is 2.42. The number of alkyl halides is 3. The van der Waals surface area contributed by atoms with Gasteiger partial charge in [-0.2, -0.15) is 18.3 Å². The fourth-order valence-corrected chi connectivity index (χ4v) is 2.05. The van der Waals surface area contributed by atoms with Crippen LogP contribution < -0.4 is 10.5 Å². The Hall–Kier alpha value is -4.03. The highest BCUT2D eigenvalue weighted by molar-refractivity contribution is 5.88. The molecule has 0 amide bonds. The smallest absolute Gasteiger partial charge is 0.416 e. The monoisotopic (exact) mass is 397 g/mol. The predicted octanol–water partition coefficient (Wildman–Crippen LogP) is 2.33. The molecule has 0 spiro atoms. The van der Waals surface area contributed by atoms with Crippen molar-refractivity contribution in [2.45, 2.75) is 6.18 Å². The number of hydrogen-bond acceptors (Lipinski definition) is 8. The summed E-state index contributed by atoms with van der Waals surface area (Å²) in [6, 6.07) is 5.26. The number of benzene rings is 2. The van der Waals surface area contributed by atoms with Crippen molar-refractivity contribution in [3.8, 4) is 0 Å². The molecular formula is C15H8F3N4O6-. The number of nitrogens with zero attached hydrogens (tertiary/aromatic N) is 3. The summed E-state index contributed by atoms with van der Waals surface area (Å²) in [4.78, 5) is 30.4. The van der Waals surface area contributed by atoms with Gasteiger partial charge in [-0.05, 0) is 11.1 Å². The second-order valence-corrected chi connectivity index (χ2v) is 5.18. The van der Waals surface area contributed by atoms with Crippen molar-refractivity contribution in [3.63, 3.8) is 0 Å². The number of anilines is 1. The van der Waals surface area contributed by atoms with Crippen LogP contribution in [0, 0.1) is 20.2 Å². The summed E-state index contributed by atoms with van der Waals surface area (Å²) in [7, 11) is 0. The van der Waals surface area contributed by atoms with Crippen molar-refractivity contribution in [2.24, 2.45) is 5.10 Å². The van der Waals surface area contributed by atoms with Gasteiger partial charge in [0.15, 0.2) is 0 Å². The summed E-state index contributed by atoms with van der Waals surface area (Å²) in [5.74, 6) is -1.42. The number of carbonyl (C=O) groups excluding carboxylic acids is 1. The van der Waals surface area contributed by atoms with E-state index in [1.54, 1.807) is 0 Å². The summed E-state index contributed by atoms with van der Waals surface area (Å²) in [6.07, 6.45) is -4.00. The van der Waals surface area contributed by atoms with Gasteiger partial charge in [-0.25, -0.2) is 0 Å². The van der Waals surface area contributed by atoms with Gasteiger partial charge in [0.05, 0.1) is 27.6 Å². The second kappa shape index (κ2) is 7.69. The third-order valence-corrected chi connectivity index (χ3v) is 3.35. The summed E-state index contributed by atoms with van der Waals surface area (Å²) in [5.41, 5.74) is -2.60. The number of carboxylic acid groups (broad SMARTS) is 1. The van der Waals surface area contributed by atoms with Crippen LogP contribution in [0.5, 0.6) is 0 Å². The van der Waals surface area contributed by atoms with Gasteiger partial charge in [0, 0.05) is 12.1 Å². The first-order valence-corrected chi connectivity index (χ1v) is 7.15. The van der Waals surface area contributed by atoms with Crippen molar-refractivity contribution in [1.82, 2.24) is 0 Å². The zero-order chi connectivity index (χ0) is 21.1. The fraction of sp³-hybridized carbons (Fsp3) is 0.0667. The molecule has 0 aliphatic rings. The van der Waals surface area contributed by atoms with E-state index in [1.165, 1.54) is 24.3 Å². The lowest BCUT2D eigenvalue weighted by molar-refractivity contribution is -0.392. The summed E-state index contributed by atoms with van der Waals surface area (Å²) in [5, 5.41) is 36.3. The SMILES string of the molecule is O=C([O-])c1ccc(/C=N\Nc2c([N+](=O)[O-])cc(C(F)(F)F)cc2[N+](=O)[O-])cc1. The molecule has 28 heavy (non-hydrogen) atoms. The quantitative estimate of drug-likeness (QED) is 0.446. The number of carboxylic acids is 1. The fourth-order valence-electron chi connectivity index (χ4n) is 2.05. The summed E-state index contributed by atoms with van der Waals surface area (Å²) >= 11 is 0. The van der Waals surface area contributed by atoms with Gasteiger partial charge in [-0.3, -0.25) is 25.7 Å². The van der Waals surface area contributed by atoms with E-state index in [2.05, 4.69) is 5.10 Å². The maximum atomic E-state index is 12.8. The van der Waals surface area contributed by atoms with Crippen LogP contribution in [0.4, 0.5) is 30.2 Å². The van der Waals surface area contributed by atoms with Crippen molar-refractivity contribution in [2.75, 3.05) is 5.43 Å². The van der Waals surface area contributed by atoms with E-state index in [1.807, 2.05) is 5.43 Å². The lowest BCUT2D eigenvalue weighted by Gasteiger charge is -2.09. The Morgan fingerprint density at radius 2 is 1.54 bits per heavy atom. The molecule has 0 heterocycles. The van der Waals surface area contributed by atoms with Gasteiger partial charge in [-0.15, -0.1) is 0 Å². The highest BCUT2D eigenvalue weighted by Gasteiger charge is 2.37. The lowest BCUT2D eigenvalue weighted by Crippen LogP contribution is -2.21. The van der Waals surface area contributed by atoms with Crippen LogP contribution in [0.3, 0.4) is 0 Å². The topological polar surface area (TPSA) is 151 Å². The zero-order valence-electron chi connectivity index (χ0n) is 13.5. The molecule has 0 unspecified atom stereocenters. The van der Waals surface area contributed by atoms with Crippen LogP contribution in [0.2, 0.25) is 0 Å². The van der Waals surface area contributed by atoms with Gasteiger partial charge in [0.1, 0.15) is 0 Å². The molecule has 0 bridgehead atoms. The van der Waals surface area contributed by atoms with Crippen molar-refractivity contribution in [3.05, 3.63) is 73.3 Å². The molecule has 10 nitrogen and oxygen atoms in total. The minimum Gasteiger partial charge on any atom is -0.545 e. The Morgan fingerprint density at radius 1 is 1.04 bits per heavy atom. The molecule has 2 aromatic rings. The Kier molecular flexibility index (Phi) is 5.57. The zero-order valence-corrected chi connectivity index (χ0v) is 13.5. The number of nitrogens with one attached hydrogen (secondary N) is 1. The number of carbonyl (C=O) groups is 1. The number of hydrogen-bond donors (Lipinski definition) is 1. The molecule has 1 N–H and O–H groups in total. The average molecular weight is 397 g/mol. The Bertz CT molecular complexity index is 938. The van der Waals surface area contributed by atoms with Crippen molar-refractivity contribution < 1.29 is 32.9 Å². The molecule has 2 aromatic carbocycles. The number of rotatable bonds is 6. The van der Waals surface area contributed by atoms with Crippen molar-refractivity contribution in [1.29, 1.82) is 0 Å². The number of halogens is 3. The molecule has 0 fully saturated rings. The standard InChI is InChI=1S/C15H9F3N4O6/c16-15(17,18)10-5-11(21(25)26)13(12(6-10)22(27)28)20-19-7-8-1-3-9(4-2-8)14(23)24/h1-7,20H,(H,23,24)/p-1/b19-7-. The second-order valence-electron chi connectivity index (χ2n) is 5.18. The molecule has 0 atom stereocenters. The van der Waals surface area contributed by atoms with E-state index < -0.39 is 44.6 Å². The lowest BCUT2D eigenvalue weighted by atomic mass is 10.1. The predicted molar refractivity (Wildman–Crippen MR) is 86.7 cm³/mol. The van der Waals surface area contributed by atoms with Crippen LogP contribution in [-0.4, -0.2) is 22.0 Å². The van der Waals surface area contributed by atoms with Crippen LogP contribution in [-0.2, 0) is 6.18 Å². The average Bonchev–Trinajstić information content (AvgIpc) is 2.60. The third kappa shape index (κ3) is 4.57. The first-order valence-electron chi connectivity index (χ1n) is 7.15. The van der Waals surface area contributed by atoms with E-state index >= 15 is 0 Å². The van der Waals surface area contributed by atoms with Crippen LogP contribution in [0.25, 0.3) is 0 Å². The van der Waals surface area contributed by atoms with Crippen LogP contribution in [0.15, 0.2) is 41.5 Å². The highest BCUT2D eigenvalue weighted by Crippen LogP contribution is 2.41. The number of nitro groups is 2. The molecule has 13 heteroatoms. The molecule has 0 saturated heterocycles. The van der Waals surface area contributed by atoms with E-state index in [9.17, 15) is 43.3 Å². The maximum Gasteiger partial charge on any atom is 0.416 e. The number of hydrazone groups is 1. The van der Waals surface area contributed by atoms with Gasteiger partial charge in [-0.1, -0.05) is 24.3 Å². The molecule has 0 aliphatic heterocycles. The summed E-state index contributed by atoms with van der Waals surface area (Å²) in [6.45, 7) is 0. The minimum atomic E-state index is -5.03. The Morgan fingerprint density at radius 3 is 1.93 bits per heavy atom. The van der Waals surface area contributed by atoms with Gasteiger partial charge < -0.3 is 9.90 Å². The normalized spacial score (nSPS) is 11.4. The third-order valence-electron chi connectivity index (χ3n) is 3.35. The molecule has 0 saturated carbocycles. The molecular weight excluding hydrogens is 389 g/mol. The van der Waals surface area contributed by atoms with Gasteiger partial charge >= 0.3 is 17.6 Å². The number of aromatic carboxylic acids is 1. The summed E-state index contributed by atoms with van der Waals surface area (Å²) < 4.78 is 38.5. The van der Waals surface area contributed by atoms with E-state index in [0.717, 1.165) is 6.21 Å². The molecule has 0 aliphatic carbocycles. The first-order chi connectivity index (χ1) is 13.0. The molecule has 0 aromatic heterocycles. The van der Waals surface area contributed by atoms with Crippen LogP contribution in [0.1, 0.15) is 21.5 Å². The Labute approximate surface area is 153 Å². The maximum absolute atomic E-state index is 12.8. The first kappa shape index (κ1) is 20.3. The molecule has 0 radical (unpaired) electrons. The number of nitro benzene ring substituents is 2. The van der Waals surface area contributed by atoms with Crippen LogP contribution >= 0.6 is 0 Å². The largest absolute Gasteiger partial charge is 0.545 e. The van der Waals surface area contributed by atoms with E-state index in [4.69, 9.17) is 0 Å². The molecule has 2 rings (SSSR count). The minimum absolute atomic E-state index is 0.126.